The van der Waals surface area contributed by atoms with Gasteiger partial charge >= 0.3 is 16.3 Å². The van der Waals surface area contributed by atoms with Gasteiger partial charge in [0, 0.05) is 5.92 Å². The second-order valence-corrected chi connectivity index (χ2v) is 13.3. The molecule has 17 heteroatoms. The lowest BCUT2D eigenvalue weighted by Gasteiger charge is -2.31. The molecule has 0 aromatic carbocycles. The maximum atomic E-state index is 14.6. The van der Waals surface area contributed by atoms with E-state index in [0.29, 0.717) is 0 Å². The molecular formula is C11H10F8O6S3. The summed E-state index contributed by atoms with van der Waals surface area (Å²) in [5.74, 6) is -4.30. The second-order valence-electron chi connectivity index (χ2n) is 6.26. The van der Waals surface area contributed by atoms with Gasteiger partial charge in [-0.2, -0.15) is 35.1 Å². The third-order valence-corrected chi connectivity index (χ3v) is 12.9. The molecule has 3 unspecified atom stereocenters. The van der Waals surface area contributed by atoms with Gasteiger partial charge < -0.3 is 0 Å². The minimum atomic E-state index is -7.76. The van der Waals surface area contributed by atoms with E-state index >= 15 is 0 Å². The molecule has 0 N–H and O–H groups in total. The summed E-state index contributed by atoms with van der Waals surface area (Å²) in [6, 6.07) is 0. The van der Waals surface area contributed by atoms with Crippen molar-refractivity contribution >= 4 is 29.5 Å². The van der Waals surface area contributed by atoms with Gasteiger partial charge in [0.15, 0.2) is 0 Å². The van der Waals surface area contributed by atoms with E-state index in [1.165, 1.54) is 6.08 Å². The van der Waals surface area contributed by atoms with Crippen molar-refractivity contribution in [2.75, 3.05) is 0 Å². The van der Waals surface area contributed by atoms with E-state index in [2.05, 4.69) is 0 Å². The fourth-order valence-corrected chi connectivity index (χ4v) is 10.7. The van der Waals surface area contributed by atoms with Crippen LogP contribution in [-0.4, -0.2) is 45.4 Å². The van der Waals surface area contributed by atoms with Crippen LogP contribution >= 0.6 is 0 Å². The lowest BCUT2D eigenvalue weighted by Crippen LogP contribution is -2.55. The number of allylic oxidation sites excluding steroid dienone is 2. The fourth-order valence-electron chi connectivity index (χ4n) is 3.22. The SMILES string of the molecule is O=S(=O)(C(S(=O)(=O)C(F)(F)F)S(=O)(=O)C(F)(F)C1CC2C=CC1C2)C(F)(F)F. The van der Waals surface area contributed by atoms with Gasteiger partial charge in [0.25, 0.3) is 23.6 Å². The van der Waals surface area contributed by atoms with E-state index in [-0.39, 0.29) is 6.42 Å². The number of sulfone groups is 3. The summed E-state index contributed by atoms with van der Waals surface area (Å²) in [7, 11) is -22.9. The number of hydrogen-bond donors (Lipinski definition) is 0. The van der Waals surface area contributed by atoms with Gasteiger partial charge in [-0.3, -0.25) is 0 Å². The molecule has 0 spiro atoms. The maximum absolute atomic E-state index is 14.6. The third kappa shape index (κ3) is 3.22. The fraction of sp³-hybridized carbons (Fsp3) is 0.818. The first-order valence-corrected chi connectivity index (χ1v) is 11.7. The Kier molecular flexibility index (Phi) is 5.21. The minimum absolute atomic E-state index is 0.0848. The van der Waals surface area contributed by atoms with E-state index in [0.717, 1.165) is 6.08 Å². The summed E-state index contributed by atoms with van der Waals surface area (Å²) in [4.78, 5) is 0. The van der Waals surface area contributed by atoms with Crippen LogP contribution in [0.3, 0.4) is 0 Å². The molecule has 0 aromatic rings. The number of fused-ring (bicyclic) bond motifs is 2. The van der Waals surface area contributed by atoms with Crippen molar-refractivity contribution in [3.05, 3.63) is 12.2 Å². The number of hydrogen-bond acceptors (Lipinski definition) is 6. The molecule has 0 aliphatic heterocycles. The van der Waals surface area contributed by atoms with E-state index in [1.54, 1.807) is 0 Å². The summed E-state index contributed by atoms with van der Waals surface area (Å²) in [6.45, 7) is 0. The van der Waals surface area contributed by atoms with Crippen LogP contribution in [0.1, 0.15) is 12.8 Å². The van der Waals surface area contributed by atoms with Crippen molar-refractivity contribution in [3.8, 4) is 0 Å². The molecular weight excluding hydrogens is 476 g/mol. The quantitative estimate of drug-likeness (QED) is 0.437. The highest BCUT2D eigenvalue weighted by atomic mass is 32.3. The molecule has 0 heterocycles. The molecule has 2 aliphatic rings. The summed E-state index contributed by atoms with van der Waals surface area (Å²) in [5.41, 5.74) is -13.7. The summed E-state index contributed by atoms with van der Waals surface area (Å²) >= 11 is 0. The standard InChI is InChI=1S/C11H10F8O6S3/c12-9(13,7-4-5-1-2-6(7)3-5)26(20,21)8(27(22,23)10(14,15)16)28(24,25)11(17,18)19/h1-2,5-8H,3-4H2. The van der Waals surface area contributed by atoms with Crippen LogP contribution in [0.15, 0.2) is 12.2 Å². The molecule has 1 saturated carbocycles. The smallest absolute Gasteiger partial charge is 0.220 e. The Balaban J connectivity index is 2.75. The zero-order chi connectivity index (χ0) is 22.1. The summed E-state index contributed by atoms with van der Waals surface area (Å²) in [6.07, 6.45) is 1.67. The first-order valence-electron chi connectivity index (χ1n) is 7.09. The van der Waals surface area contributed by atoms with Crippen LogP contribution in [0.2, 0.25) is 0 Å². The molecule has 1 fully saturated rings. The molecule has 0 radical (unpaired) electrons. The number of halogens is 8. The van der Waals surface area contributed by atoms with Crippen molar-refractivity contribution in [2.24, 2.45) is 17.8 Å². The van der Waals surface area contributed by atoms with Gasteiger partial charge in [-0.1, -0.05) is 12.2 Å². The molecule has 2 rings (SSSR count). The summed E-state index contributed by atoms with van der Waals surface area (Å²) < 4.78 is 170. The Labute approximate surface area is 153 Å². The monoisotopic (exact) mass is 486 g/mol. The van der Waals surface area contributed by atoms with Crippen LogP contribution in [0.5, 0.6) is 0 Å². The van der Waals surface area contributed by atoms with Crippen LogP contribution < -0.4 is 0 Å². The van der Waals surface area contributed by atoms with Gasteiger partial charge in [-0.15, -0.1) is 0 Å². The molecule has 2 bridgehead atoms. The zero-order valence-corrected chi connectivity index (χ0v) is 15.5. The zero-order valence-electron chi connectivity index (χ0n) is 13.1. The van der Waals surface area contributed by atoms with E-state index < -0.39 is 73.9 Å². The Hall–Kier alpha value is -0.970. The predicted octanol–water partition coefficient (Wildman–Crippen LogP) is 2.36. The Morgan fingerprint density at radius 1 is 0.679 bits per heavy atom. The molecule has 3 atom stereocenters. The third-order valence-electron chi connectivity index (χ3n) is 4.50. The minimum Gasteiger partial charge on any atom is -0.220 e. The average molecular weight is 486 g/mol. The molecule has 0 aromatic heterocycles. The van der Waals surface area contributed by atoms with Crippen LogP contribution in [0.4, 0.5) is 35.1 Å². The lowest BCUT2D eigenvalue weighted by atomic mass is 9.94. The molecule has 164 valence electrons. The first kappa shape index (κ1) is 23.3. The predicted molar refractivity (Wildman–Crippen MR) is 76.4 cm³/mol. The number of rotatable bonds is 5. The Bertz CT molecular complexity index is 946. The van der Waals surface area contributed by atoms with Crippen molar-refractivity contribution < 1.29 is 60.4 Å². The lowest BCUT2D eigenvalue weighted by molar-refractivity contribution is -0.0465. The van der Waals surface area contributed by atoms with Gasteiger partial charge in [-0.25, -0.2) is 25.3 Å². The van der Waals surface area contributed by atoms with Crippen LogP contribution in [-0.2, 0) is 29.5 Å². The molecule has 0 saturated heterocycles. The Morgan fingerprint density at radius 3 is 1.39 bits per heavy atom. The van der Waals surface area contributed by atoms with E-state index in [9.17, 15) is 60.4 Å². The number of alkyl halides is 8. The molecule has 28 heavy (non-hydrogen) atoms. The normalized spacial score (nSPS) is 27.0. The molecule has 2 aliphatic carbocycles. The second kappa shape index (κ2) is 6.26. The van der Waals surface area contributed by atoms with Gasteiger partial charge in [0.1, 0.15) is 0 Å². The highest BCUT2D eigenvalue weighted by Crippen LogP contribution is 2.54. The van der Waals surface area contributed by atoms with Gasteiger partial charge in [0.05, 0.1) is 0 Å². The highest BCUT2D eigenvalue weighted by molar-refractivity contribution is 8.25. The van der Waals surface area contributed by atoms with Crippen LogP contribution in [0, 0.1) is 17.8 Å². The van der Waals surface area contributed by atoms with Gasteiger partial charge in [0.2, 0.25) is 9.84 Å². The topological polar surface area (TPSA) is 102 Å². The molecule has 6 nitrogen and oxygen atoms in total. The van der Waals surface area contributed by atoms with E-state index in [1.807, 2.05) is 0 Å². The highest BCUT2D eigenvalue weighted by Gasteiger charge is 2.74. The van der Waals surface area contributed by atoms with Gasteiger partial charge in [-0.05, 0) is 24.7 Å². The maximum Gasteiger partial charge on any atom is 0.499 e. The first-order chi connectivity index (χ1) is 12.2. The summed E-state index contributed by atoms with van der Waals surface area (Å²) in [5, 5.41) is -5.49. The van der Waals surface area contributed by atoms with Crippen molar-refractivity contribution in [1.29, 1.82) is 0 Å². The van der Waals surface area contributed by atoms with Crippen molar-refractivity contribution in [2.45, 2.75) is 33.0 Å². The average Bonchev–Trinajstić information content (AvgIpc) is 3.06. The van der Waals surface area contributed by atoms with Crippen molar-refractivity contribution in [1.82, 2.24) is 0 Å². The van der Waals surface area contributed by atoms with E-state index in [4.69, 9.17) is 0 Å². The Morgan fingerprint density at radius 2 is 1.11 bits per heavy atom. The largest absolute Gasteiger partial charge is 0.499 e. The van der Waals surface area contributed by atoms with Crippen LogP contribution in [0.25, 0.3) is 0 Å². The molecule has 0 amide bonds. The van der Waals surface area contributed by atoms with Crippen molar-refractivity contribution in [3.63, 3.8) is 0 Å².